The van der Waals surface area contributed by atoms with Gasteiger partial charge in [-0.15, -0.1) is 0 Å². The zero-order valence-electron chi connectivity index (χ0n) is 9.91. The molecule has 16 heavy (non-hydrogen) atoms. The van der Waals surface area contributed by atoms with Crippen LogP contribution in [0.5, 0.6) is 0 Å². The van der Waals surface area contributed by atoms with Gasteiger partial charge in [0.15, 0.2) is 0 Å². The molecule has 0 saturated carbocycles. The molecule has 1 aliphatic rings. The molecule has 0 aliphatic carbocycles. The molecule has 1 saturated heterocycles. The fourth-order valence-electron chi connectivity index (χ4n) is 1.95. The average molecular weight is 220 g/mol. The molecule has 1 fully saturated rings. The third-order valence-corrected chi connectivity index (χ3v) is 3.06. The van der Waals surface area contributed by atoms with Crippen molar-refractivity contribution in [3.05, 3.63) is 29.8 Å². The van der Waals surface area contributed by atoms with Crippen LogP contribution in [0, 0.1) is 0 Å². The summed E-state index contributed by atoms with van der Waals surface area (Å²) < 4.78 is 5.33. The third kappa shape index (κ3) is 3.22. The monoisotopic (exact) mass is 220 g/mol. The number of morpholine rings is 1. The summed E-state index contributed by atoms with van der Waals surface area (Å²) in [5, 5.41) is 3.13. The minimum Gasteiger partial charge on any atom is -0.388 e. The summed E-state index contributed by atoms with van der Waals surface area (Å²) in [5.41, 5.74) is 2.58. The summed E-state index contributed by atoms with van der Waals surface area (Å²) in [6, 6.07) is 8.67. The standard InChI is InChI=1S/C13H20N2O/c1-14-13-4-2-12(3-5-13)6-7-15-8-10-16-11-9-15/h2-5,14H,6-11H2,1H3. The second kappa shape index (κ2) is 5.87. The Labute approximate surface area is 97.4 Å². The predicted octanol–water partition coefficient (Wildman–Crippen LogP) is 1.60. The summed E-state index contributed by atoms with van der Waals surface area (Å²) in [5.74, 6) is 0. The Morgan fingerprint density at radius 3 is 2.50 bits per heavy atom. The molecule has 2 rings (SSSR count). The summed E-state index contributed by atoms with van der Waals surface area (Å²) in [4.78, 5) is 2.47. The second-order valence-corrected chi connectivity index (χ2v) is 4.15. The Bertz CT molecular complexity index is 304. The summed E-state index contributed by atoms with van der Waals surface area (Å²) in [6.45, 7) is 5.07. The highest BCUT2D eigenvalue weighted by Crippen LogP contribution is 2.09. The van der Waals surface area contributed by atoms with E-state index in [2.05, 4.69) is 34.5 Å². The van der Waals surface area contributed by atoms with Crippen molar-refractivity contribution in [3.8, 4) is 0 Å². The molecular weight excluding hydrogens is 200 g/mol. The minimum atomic E-state index is 0.888. The van der Waals surface area contributed by atoms with E-state index in [0.29, 0.717) is 0 Å². The van der Waals surface area contributed by atoms with E-state index in [1.165, 1.54) is 11.3 Å². The van der Waals surface area contributed by atoms with Crippen LogP contribution in [0.2, 0.25) is 0 Å². The zero-order valence-corrected chi connectivity index (χ0v) is 9.91. The molecule has 0 spiro atoms. The molecule has 1 aliphatic heterocycles. The predicted molar refractivity (Wildman–Crippen MR) is 67.0 cm³/mol. The van der Waals surface area contributed by atoms with Crippen LogP contribution >= 0.6 is 0 Å². The molecule has 1 heterocycles. The number of anilines is 1. The normalized spacial score (nSPS) is 17.3. The van der Waals surface area contributed by atoms with Crippen molar-refractivity contribution in [1.29, 1.82) is 0 Å². The lowest BCUT2D eigenvalue weighted by molar-refractivity contribution is 0.0384. The van der Waals surface area contributed by atoms with E-state index in [4.69, 9.17) is 4.74 Å². The third-order valence-electron chi connectivity index (χ3n) is 3.06. The fraction of sp³-hybridized carbons (Fsp3) is 0.538. The van der Waals surface area contributed by atoms with E-state index < -0.39 is 0 Å². The topological polar surface area (TPSA) is 24.5 Å². The molecule has 3 nitrogen and oxygen atoms in total. The molecule has 0 aromatic heterocycles. The number of benzene rings is 1. The molecule has 0 atom stereocenters. The highest BCUT2D eigenvalue weighted by Gasteiger charge is 2.09. The van der Waals surface area contributed by atoms with Gasteiger partial charge in [-0.3, -0.25) is 4.90 Å². The van der Waals surface area contributed by atoms with Gasteiger partial charge in [0.2, 0.25) is 0 Å². The van der Waals surface area contributed by atoms with Crippen molar-refractivity contribution in [1.82, 2.24) is 4.90 Å². The van der Waals surface area contributed by atoms with Gasteiger partial charge in [0.1, 0.15) is 0 Å². The fourth-order valence-corrected chi connectivity index (χ4v) is 1.95. The first kappa shape index (κ1) is 11.4. The molecule has 0 radical (unpaired) electrons. The van der Waals surface area contributed by atoms with Gasteiger partial charge in [-0.25, -0.2) is 0 Å². The van der Waals surface area contributed by atoms with Gasteiger partial charge in [0.05, 0.1) is 13.2 Å². The molecule has 1 N–H and O–H groups in total. The van der Waals surface area contributed by atoms with Crippen LogP contribution in [0.15, 0.2) is 24.3 Å². The highest BCUT2D eigenvalue weighted by molar-refractivity contribution is 5.43. The van der Waals surface area contributed by atoms with Crippen molar-refractivity contribution < 1.29 is 4.74 Å². The Morgan fingerprint density at radius 1 is 1.19 bits per heavy atom. The number of hydrogen-bond acceptors (Lipinski definition) is 3. The first-order valence-corrected chi connectivity index (χ1v) is 5.95. The first-order valence-electron chi connectivity index (χ1n) is 5.95. The lowest BCUT2D eigenvalue weighted by atomic mass is 10.1. The molecule has 0 amide bonds. The lowest BCUT2D eigenvalue weighted by Gasteiger charge is -2.26. The molecule has 0 unspecified atom stereocenters. The van der Waals surface area contributed by atoms with E-state index in [1.54, 1.807) is 0 Å². The van der Waals surface area contributed by atoms with Crippen LogP contribution in [0.4, 0.5) is 5.69 Å². The van der Waals surface area contributed by atoms with Crippen molar-refractivity contribution in [3.63, 3.8) is 0 Å². The summed E-state index contributed by atoms with van der Waals surface area (Å²) in [7, 11) is 1.95. The van der Waals surface area contributed by atoms with E-state index in [0.717, 1.165) is 39.3 Å². The quantitative estimate of drug-likeness (QED) is 0.834. The maximum atomic E-state index is 5.33. The van der Waals surface area contributed by atoms with Crippen molar-refractivity contribution in [2.75, 3.05) is 45.2 Å². The maximum absolute atomic E-state index is 5.33. The number of hydrogen-bond donors (Lipinski definition) is 1. The molecule has 3 heteroatoms. The van der Waals surface area contributed by atoms with Gasteiger partial charge in [-0.05, 0) is 24.1 Å². The Kier molecular flexibility index (Phi) is 4.19. The largest absolute Gasteiger partial charge is 0.388 e. The number of ether oxygens (including phenoxy) is 1. The van der Waals surface area contributed by atoms with E-state index in [1.807, 2.05) is 7.05 Å². The van der Waals surface area contributed by atoms with Crippen LogP contribution in [0.25, 0.3) is 0 Å². The Morgan fingerprint density at radius 2 is 1.88 bits per heavy atom. The number of nitrogens with zero attached hydrogens (tertiary/aromatic N) is 1. The van der Waals surface area contributed by atoms with Gasteiger partial charge < -0.3 is 10.1 Å². The zero-order chi connectivity index (χ0) is 11.2. The maximum Gasteiger partial charge on any atom is 0.0594 e. The van der Waals surface area contributed by atoms with Crippen molar-refractivity contribution in [2.24, 2.45) is 0 Å². The van der Waals surface area contributed by atoms with Crippen LogP contribution in [-0.4, -0.2) is 44.8 Å². The SMILES string of the molecule is CNc1ccc(CCN2CCOCC2)cc1. The summed E-state index contributed by atoms with van der Waals surface area (Å²) >= 11 is 0. The van der Waals surface area contributed by atoms with E-state index in [-0.39, 0.29) is 0 Å². The van der Waals surface area contributed by atoms with Gasteiger partial charge >= 0.3 is 0 Å². The number of nitrogens with one attached hydrogen (secondary N) is 1. The minimum absolute atomic E-state index is 0.888. The second-order valence-electron chi connectivity index (χ2n) is 4.15. The van der Waals surface area contributed by atoms with Crippen LogP contribution in [0.1, 0.15) is 5.56 Å². The Hall–Kier alpha value is -1.06. The van der Waals surface area contributed by atoms with E-state index in [9.17, 15) is 0 Å². The van der Waals surface area contributed by atoms with Crippen LogP contribution < -0.4 is 5.32 Å². The van der Waals surface area contributed by atoms with Gasteiger partial charge in [0, 0.05) is 32.4 Å². The first-order chi connectivity index (χ1) is 7.88. The van der Waals surface area contributed by atoms with Crippen molar-refractivity contribution >= 4 is 5.69 Å². The van der Waals surface area contributed by atoms with Gasteiger partial charge in [-0.1, -0.05) is 12.1 Å². The lowest BCUT2D eigenvalue weighted by Crippen LogP contribution is -2.37. The van der Waals surface area contributed by atoms with E-state index >= 15 is 0 Å². The molecule has 1 aromatic rings. The summed E-state index contributed by atoms with van der Waals surface area (Å²) in [6.07, 6.45) is 1.13. The highest BCUT2D eigenvalue weighted by atomic mass is 16.5. The molecule has 88 valence electrons. The van der Waals surface area contributed by atoms with Crippen molar-refractivity contribution in [2.45, 2.75) is 6.42 Å². The average Bonchev–Trinajstić information content (AvgIpc) is 2.38. The molecule has 1 aromatic carbocycles. The molecule has 0 bridgehead atoms. The number of rotatable bonds is 4. The van der Waals surface area contributed by atoms with Crippen LogP contribution in [0.3, 0.4) is 0 Å². The van der Waals surface area contributed by atoms with Gasteiger partial charge in [-0.2, -0.15) is 0 Å². The molecular formula is C13H20N2O. The van der Waals surface area contributed by atoms with Gasteiger partial charge in [0.25, 0.3) is 0 Å². The smallest absolute Gasteiger partial charge is 0.0594 e. The van der Waals surface area contributed by atoms with Crippen LogP contribution in [-0.2, 0) is 11.2 Å². The Balaban J connectivity index is 1.79.